The Labute approximate surface area is 196 Å². The topological polar surface area (TPSA) is 79.7 Å². The average Bonchev–Trinajstić information content (AvgIpc) is 3.25. The average molecular weight is 460 g/mol. The Morgan fingerprint density at radius 1 is 1.09 bits per heavy atom. The second-order valence-electron chi connectivity index (χ2n) is 7.73. The lowest BCUT2D eigenvalue weighted by Crippen LogP contribution is -2.27. The normalized spacial score (nSPS) is 11.5. The molecule has 0 saturated heterocycles. The zero-order valence-electron chi connectivity index (χ0n) is 19.0. The van der Waals surface area contributed by atoms with Crippen LogP contribution in [0.1, 0.15) is 18.3 Å². The number of hydrazone groups is 1. The maximum absolute atomic E-state index is 11.7. The third-order valence-corrected chi connectivity index (χ3v) is 6.10. The van der Waals surface area contributed by atoms with E-state index in [1.807, 2.05) is 56.3 Å². The molecular formula is C25H25N5O2S. The molecule has 0 radical (unpaired) electrons. The van der Waals surface area contributed by atoms with Gasteiger partial charge in [0, 0.05) is 19.0 Å². The van der Waals surface area contributed by atoms with Crippen LogP contribution in [0.4, 0.5) is 5.82 Å². The van der Waals surface area contributed by atoms with Crippen LogP contribution in [0.2, 0.25) is 0 Å². The molecular weight excluding hydrogens is 434 g/mol. The standard InChI is InChI=1S/C25H25N5O2S/c1-16(18-10-12-20(13-11-18)32-15-23(31)30(3)4)28-29-24-21-14-22(19-8-6-5-7-9-19)33-25(21)27-17(2)26-24/h5-14H,15H2,1-4H3,(H,26,27,29)/b28-16+. The van der Waals surface area contributed by atoms with Crippen LogP contribution < -0.4 is 10.2 Å². The molecule has 2 aromatic heterocycles. The lowest BCUT2D eigenvalue weighted by atomic mass is 10.1. The zero-order valence-corrected chi connectivity index (χ0v) is 19.8. The van der Waals surface area contributed by atoms with Gasteiger partial charge in [-0.1, -0.05) is 30.3 Å². The van der Waals surface area contributed by atoms with Gasteiger partial charge in [-0.2, -0.15) is 5.10 Å². The van der Waals surface area contributed by atoms with Crippen molar-refractivity contribution in [3.63, 3.8) is 0 Å². The first kappa shape index (κ1) is 22.4. The monoisotopic (exact) mass is 459 g/mol. The van der Waals surface area contributed by atoms with E-state index in [1.54, 1.807) is 25.4 Å². The number of aryl methyl sites for hydroxylation is 1. The van der Waals surface area contributed by atoms with E-state index < -0.39 is 0 Å². The van der Waals surface area contributed by atoms with E-state index in [1.165, 1.54) is 4.90 Å². The van der Waals surface area contributed by atoms with Crippen molar-refractivity contribution in [3.8, 4) is 16.2 Å². The molecule has 1 N–H and O–H groups in total. The van der Waals surface area contributed by atoms with Crippen molar-refractivity contribution < 1.29 is 9.53 Å². The Hall–Kier alpha value is -3.78. The summed E-state index contributed by atoms with van der Waals surface area (Å²) >= 11 is 1.64. The number of thiophene rings is 1. The predicted octanol–water partition coefficient (Wildman–Crippen LogP) is 4.97. The summed E-state index contributed by atoms with van der Waals surface area (Å²) in [5, 5.41) is 5.48. The lowest BCUT2D eigenvalue weighted by Gasteiger charge is -2.11. The number of amides is 1. The van der Waals surface area contributed by atoms with E-state index in [4.69, 9.17) is 4.74 Å². The van der Waals surface area contributed by atoms with Crippen LogP contribution in [0, 0.1) is 6.92 Å². The van der Waals surface area contributed by atoms with Crippen molar-refractivity contribution >= 4 is 39.0 Å². The molecule has 0 aliphatic heterocycles. The number of carbonyl (C=O) groups is 1. The first-order valence-electron chi connectivity index (χ1n) is 10.5. The van der Waals surface area contributed by atoms with E-state index in [9.17, 15) is 4.79 Å². The van der Waals surface area contributed by atoms with E-state index in [-0.39, 0.29) is 12.5 Å². The first-order valence-corrected chi connectivity index (χ1v) is 11.3. The number of nitrogens with zero attached hydrogens (tertiary/aromatic N) is 4. The molecule has 0 saturated carbocycles. The molecule has 4 rings (SSSR count). The van der Waals surface area contributed by atoms with Gasteiger partial charge < -0.3 is 9.64 Å². The van der Waals surface area contributed by atoms with Gasteiger partial charge in [-0.05, 0) is 55.3 Å². The third-order valence-electron chi connectivity index (χ3n) is 5.03. The number of aromatic nitrogens is 2. The SMILES string of the molecule is C/C(=N\Nc1nc(C)nc2sc(-c3ccccc3)cc12)c1ccc(OCC(=O)N(C)C)cc1. The number of rotatable bonds is 7. The Bertz CT molecular complexity index is 1300. The molecule has 4 aromatic rings. The zero-order chi connectivity index (χ0) is 23.4. The minimum Gasteiger partial charge on any atom is -0.484 e. The predicted molar refractivity (Wildman–Crippen MR) is 134 cm³/mol. The highest BCUT2D eigenvalue weighted by molar-refractivity contribution is 7.21. The molecule has 33 heavy (non-hydrogen) atoms. The molecule has 0 aliphatic carbocycles. The molecule has 8 heteroatoms. The quantitative estimate of drug-likeness (QED) is 0.312. The summed E-state index contributed by atoms with van der Waals surface area (Å²) in [6, 6.07) is 19.8. The Morgan fingerprint density at radius 2 is 1.82 bits per heavy atom. The van der Waals surface area contributed by atoms with E-state index >= 15 is 0 Å². The second kappa shape index (κ2) is 9.79. The fourth-order valence-corrected chi connectivity index (χ4v) is 4.21. The highest BCUT2D eigenvalue weighted by Crippen LogP contribution is 2.35. The first-order chi connectivity index (χ1) is 15.9. The summed E-state index contributed by atoms with van der Waals surface area (Å²) in [4.78, 5) is 24.4. The van der Waals surface area contributed by atoms with Crippen LogP contribution in [0.25, 0.3) is 20.7 Å². The summed E-state index contributed by atoms with van der Waals surface area (Å²) < 4.78 is 5.53. The van der Waals surface area contributed by atoms with Crippen molar-refractivity contribution in [1.82, 2.24) is 14.9 Å². The molecule has 0 fully saturated rings. The number of ether oxygens (including phenoxy) is 1. The second-order valence-corrected chi connectivity index (χ2v) is 8.76. The van der Waals surface area contributed by atoms with Crippen LogP contribution in [0.15, 0.2) is 65.8 Å². The molecule has 7 nitrogen and oxygen atoms in total. The maximum atomic E-state index is 11.7. The third kappa shape index (κ3) is 5.35. The molecule has 0 bridgehead atoms. The summed E-state index contributed by atoms with van der Waals surface area (Å²) in [6.45, 7) is 3.81. The van der Waals surface area contributed by atoms with Gasteiger partial charge in [-0.3, -0.25) is 10.2 Å². The number of benzene rings is 2. The van der Waals surface area contributed by atoms with Gasteiger partial charge >= 0.3 is 0 Å². The summed E-state index contributed by atoms with van der Waals surface area (Å²) in [5.41, 5.74) is 6.01. The Morgan fingerprint density at radius 3 is 2.52 bits per heavy atom. The van der Waals surface area contributed by atoms with Gasteiger partial charge in [-0.15, -0.1) is 11.3 Å². The van der Waals surface area contributed by atoms with Gasteiger partial charge in [0.15, 0.2) is 12.4 Å². The molecule has 168 valence electrons. The molecule has 2 aromatic carbocycles. The van der Waals surface area contributed by atoms with Gasteiger partial charge in [0.25, 0.3) is 5.91 Å². The maximum Gasteiger partial charge on any atom is 0.259 e. The molecule has 0 aliphatic rings. The number of hydrogen-bond donors (Lipinski definition) is 1. The highest BCUT2D eigenvalue weighted by Gasteiger charge is 2.12. The van der Waals surface area contributed by atoms with E-state index in [2.05, 4.69) is 38.7 Å². The minimum atomic E-state index is -0.0867. The summed E-state index contributed by atoms with van der Waals surface area (Å²) in [7, 11) is 3.40. The Kier molecular flexibility index (Phi) is 6.65. The van der Waals surface area contributed by atoms with Crippen molar-refractivity contribution in [1.29, 1.82) is 0 Å². The van der Waals surface area contributed by atoms with Crippen molar-refractivity contribution in [3.05, 3.63) is 72.1 Å². The van der Waals surface area contributed by atoms with Gasteiger partial charge in [0.05, 0.1) is 11.1 Å². The molecule has 2 heterocycles. The summed E-state index contributed by atoms with van der Waals surface area (Å²) in [6.07, 6.45) is 0. The minimum absolute atomic E-state index is 0.00957. The van der Waals surface area contributed by atoms with Gasteiger partial charge in [0.1, 0.15) is 16.4 Å². The van der Waals surface area contributed by atoms with Gasteiger partial charge in [-0.25, -0.2) is 9.97 Å². The van der Waals surface area contributed by atoms with Crippen LogP contribution in [0.5, 0.6) is 5.75 Å². The van der Waals surface area contributed by atoms with Crippen LogP contribution >= 0.6 is 11.3 Å². The van der Waals surface area contributed by atoms with Crippen LogP contribution in [-0.4, -0.2) is 47.2 Å². The van der Waals surface area contributed by atoms with Gasteiger partial charge in [0.2, 0.25) is 0 Å². The largest absolute Gasteiger partial charge is 0.484 e. The molecule has 0 spiro atoms. The van der Waals surface area contributed by atoms with Crippen molar-refractivity contribution in [2.45, 2.75) is 13.8 Å². The Balaban J connectivity index is 1.51. The number of anilines is 1. The van der Waals surface area contributed by atoms with Crippen LogP contribution in [-0.2, 0) is 4.79 Å². The number of fused-ring (bicyclic) bond motifs is 1. The number of likely N-dealkylation sites (N-methyl/N-ethyl adjacent to an activating group) is 1. The van der Waals surface area contributed by atoms with Crippen molar-refractivity contribution in [2.24, 2.45) is 5.10 Å². The number of nitrogens with one attached hydrogen (secondary N) is 1. The number of carbonyl (C=O) groups excluding carboxylic acids is 1. The smallest absolute Gasteiger partial charge is 0.259 e. The molecule has 1 amide bonds. The van der Waals surface area contributed by atoms with Crippen LogP contribution in [0.3, 0.4) is 0 Å². The highest BCUT2D eigenvalue weighted by atomic mass is 32.1. The summed E-state index contributed by atoms with van der Waals surface area (Å²) in [5.74, 6) is 1.91. The number of hydrogen-bond acceptors (Lipinski definition) is 7. The molecule has 0 atom stereocenters. The van der Waals surface area contributed by atoms with E-state index in [0.29, 0.717) is 17.4 Å². The fraction of sp³-hybridized carbons (Fsp3) is 0.200. The van der Waals surface area contributed by atoms with Crippen molar-refractivity contribution in [2.75, 3.05) is 26.1 Å². The van der Waals surface area contributed by atoms with E-state index in [0.717, 1.165) is 31.9 Å². The molecule has 0 unspecified atom stereocenters. The fourth-order valence-electron chi connectivity index (χ4n) is 3.13. The lowest BCUT2D eigenvalue weighted by molar-refractivity contribution is -0.130.